The Bertz CT molecular complexity index is 662. The van der Waals surface area contributed by atoms with Crippen LogP contribution in [0.25, 0.3) is 0 Å². The molecule has 3 N–H and O–H groups in total. The van der Waals surface area contributed by atoms with Crippen molar-refractivity contribution >= 4 is 40.5 Å². The smallest absolute Gasteiger partial charge is 0.224 e. The maximum Gasteiger partial charge on any atom is 0.224 e. The van der Waals surface area contributed by atoms with Gasteiger partial charge in [-0.1, -0.05) is 41.4 Å². The lowest BCUT2D eigenvalue weighted by Gasteiger charge is -2.10. The van der Waals surface area contributed by atoms with Crippen LogP contribution in [0.5, 0.6) is 5.75 Å². The van der Waals surface area contributed by atoms with Gasteiger partial charge >= 0.3 is 0 Å². The van der Waals surface area contributed by atoms with Gasteiger partial charge in [0.2, 0.25) is 5.91 Å². The fourth-order valence-electron chi connectivity index (χ4n) is 1.84. The lowest BCUT2D eigenvalue weighted by Crippen LogP contribution is -2.13. The van der Waals surface area contributed by atoms with Crippen molar-refractivity contribution in [3.05, 3.63) is 52.5 Å². The Labute approximate surface area is 139 Å². The summed E-state index contributed by atoms with van der Waals surface area (Å²) in [7, 11) is 0. The summed E-state index contributed by atoms with van der Waals surface area (Å²) in [5.41, 5.74) is 6.85. The third-order valence-corrected chi connectivity index (χ3v) is 3.77. The number of hydrogen-bond donors (Lipinski definition) is 2. The van der Waals surface area contributed by atoms with Gasteiger partial charge in [-0.05, 0) is 30.7 Å². The molecule has 2 aromatic rings. The van der Waals surface area contributed by atoms with E-state index in [1.165, 1.54) is 0 Å². The molecule has 0 aliphatic rings. The van der Waals surface area contributed by atoms with E-state index in [0.29, 0.717) is 46.6 Å². The van der Waals surface area contributed by atoms with Crippen molar-refractivity contribution in [2.24, 2.45) is 0 Å². The highest BCUT2D eigenvalue weighted by Crippen LogP contribution is 2.29. The standard InChI is InChI=1S/C16H16Cl2N2O2/c17-11-5-3-7-13(16(11)18)20-15(21)9-4-10-22-14-8-2-1-6-12(14)19/h1-3,5-8H,4,9-10,19H2,(H,20,21). The average Bonchev–Trinajstić information content (AvgIpc) is 2.50. The lowest BCUT2D eigenvalue weighted by molar-refractivity contribution is -0.116. The molecular weight excluding hydrogens is 323 g/mol. The summed E-state index contributed by atoms with van der Waals surface area (Å²) in [6.07, 6.45) is 0.883. The van der Waals surface area contributed by atoms with Crippen LogP contribution in [0.15, 0.2) is 42.5 Å². The van der Waals surface area contributed by atoms with Crippen molar-refractivity contribution in [1.82, 2.24) is 0 Å². The van der Waals surface area contributed by atoms with E-state index in [4.69, 9.17) is 33.7 Å². The predicted octanol–water partition coefficient (Wildman–Crippen LogP) is 4.37. The first-order valence-electron chi connectivity index (χ1n) is 6.79. The number of ether oxygens (including phenoxy) is 1. The molecule has 0 aliphatic heterocycles. The summed E-state index contributed by atoms with van der Waals surface area (Å²) in [4.78, 5) is 11.9. The van der Waals surface area contributed by atoms with Crippen LogP contribution in [-0.2, 0) is 4.79 Å². The van der Waals surface area contributed by atoms with E-state index < -0.39 is 0 Å². The van der Waals surface area contributed by atoms with E-state index >= 15 is 0 Å². The molecule has 22 heavy (non-hydrogen) atoms. The summed E-state index contributed by atoms with van der Waals surface area (Å²) in [5.74, 6) is 0.481. The number of carbonyl (C=O) groups is 1. The number of benzene rings is 2. The van der Waals surface area contributed by atoms with Gasteiger partial charge in [-0.3, -0.25) is 4.79 Å². The Morgan fingerprint density at radius 2 is 1.91 bits per heavy atom. The van der Waals surface area contributed by atoms with Crippen molar-refractivity contribution < 1.29 is 9.53 Å². The number of hydrogen-bond acceptors (Lipinski definition) is 3. The van der Waals surface area contributed by atoms with Gasteiger partial charge in [-0.2, -0.15) is 0 Å². The molecule has 0 unspecified atom stereocenters. The molecule has 6 heteroatoms. The highest BCUT2D eigenvalue weighted by Gasteiger charge is 2.08. The molecule has 4 nitrogen and oxygen atoms in total. The van der Waals surface area contributed by atoms with E-state index in [2.05, 4.69) is 5.32 Å². The number of rotatable bonds is 6. The summed E-state index contributed by atoms with van der Waals surface area (Å²) >= 11 is 11.9. The van der Waals surface area contributed by atoms with Crippen LogP contribution in [0.2, 0.25) is 10.0 Å². The fourth-order valence-corrected chi connectivity index (χ4v) is 2.19. The average molecular weight is 339 g/mol. The molecule has 1 amide bonds. The van der Waals surface area contributed by atoms with Crippen LogP contribution in [0.4, 0.5) is 11.4 Å². The number of para-hydroxylation sites is 2. The second kappa shape index (κ2) is 7.92. The van der Waals surface area contributed by atoms with Crippen LogP contribution in [0, 0.1) is 0 Å². The van der Waals surface area contributed by atoms with E-state index in [1.807, 2.05) is 12.1 Å². The molecule has 0 radical (unpaired) electrons. The number of carbonyl (C=O) groups excluding carboxylic acids is 1. The summed E-state index contributed by atoms with van der Waals surface area (Å²) in [6.45, 7) is 0.408. The summed E-state index contributed by atoms with van der Waals surface area (Å²) in [5, 5.41) is 3.47. The summed E-state index contributed by atoms with van der Waals surface area (Å²) < 4.78 is 5.53. The third-order valence-electron chi connectivity index (χ3n) is 2.95. The number of nitrogen functional groups attached to an aromatic ring is 1. The molecule has 2 rings (SSSR count). The maximum absolute atomic E-state index is 11.9. The van der Waals surface area contributed by atoms with Gasteiger partial charge in [0.05, 0.1) is 28.0 Å². The lowest BCUT2D eigenvalue weighted by atomic mass is 10.2. The minimum Gasteiger partial charge on any atom is -0.491 e. The number of amides is 1. The molecule has 0 fully saturated rings. The van der Waals surface area contributed by atoms with Crippen LogP contribution < -0.4 is 15.8 Å². The molecule has 0 atom stereocenters. The predicted molar refractivity (Wildman–Crippen MR) is 90.7 cm³/mol. The Hall–Kier alpha value is -1.91. The number of anilines is 2. The molecule has 0 saturated heterocycles. The van der Waals surface area contributed by atoms with Crippen molar-refractivity contribution in [2.45, 2.75) is 12.8 Å². The maximum atomic E-state index is 11.9. The van der Waals surface area contributed by atoms with E-state index in [1.54, 1.807) is 30.3 Å². The first-order valence-corrected chi connectivity index (χ1v) is 7.54. The van der Waals surface area contributed by atoms with Gasteiger partial charge in [0, 0.05) is 6.42 Å². The molecule has 116 valence electrons. The molecule has 0 bridgehead atoms. The second-order valence-corrected chi connectivity index (χ2v) is 5.42. The molecule has 0 spiro atoms. The second-order valence-electron chi connectivity index (χ2n) is 4.64. The highest BCUT2D eigenvalue weighted by atomic mass is 35.5. The van der Waals surface area contributed by atoms with Crippen molar-refractivity contribution in [2.75, 3.05) is 17.7 Å². The minimum absolute atomic E-state index is 0.145. The Balaban J connectivity index is 1.76. The quantitative estimate of drug-likeness (QED) is 0.607. The van der Waals surface area contributed by atoms with Gasteiger partial charge in [0.25, 0.3) is 0 Å². The van der Waals surface area contributed by atoms with E-state index in [0.717, 1.165) is 0 Å². The van der Waals surface area contributed by atoms with Crippen LogP contribution in [0.1, 0.15) is 12.8 Å². The normalized spacial score (nSPS) is 10.3. The number of halogens is 2. The van der Waals surface area contributed by atoms with Crippen LogP contribution in [-0.4, -0.2) is 12.5 Å². The molecule has 0 aromatic heterocycles. The van der Waals surface area contributed by atoms with E-state index in [9.17, 15) is 4.79 Å². The van der Waals surface area contributed by atoms with Crippen LogP contribution in [0.3, 0.4) is 0 Å². The Morgan fingerprint density at radius 1 is 1.14 bits per heavy atom. The highest BCUT2D eigenvalue weighted by molar-refractivity contribution is 6.43. The SMILES string of the molecule is Nc1ccccc1OCCCC(=O)Nc1cccc(Cl)c1Cl. The third kappa shape index (κ3) is 4.55. The summed E-state index contributed by atoms with van der Waals surface area (Å²) in [6, 6.07) is 12.3. The van der Waals surface area contributed by atoms with E-state index in [-0.39, 0.29) is 5.91 Å². The van der Waals surface area contributed by atoms with Crippen LogP contribution >= 0.6 is 23.2 Å². The van der Waals surface area contributed by atoms with Gasteiger partial charge in [-0.25, -0.2) is 0 Å². The number of nitrogens with two attached hydrogens (primary N) is 1. The Morgan fingerprint density at radius 3 is 2.68 bits per heavy atom. The van der Waals surface area contributed by atoms with Crippen molar-refractivity contribution in [1.29, 1.82) is 0 Å². The monoisotopic (exact) mass is 338 g/mol. The van der Waals surface area contributed by atoms with Gasteiger partial charge in [0.1, 0.15) is 5.75 Å². The molecular formula is C16H16Cl2N2O2. The number of nitrogens with one attached hydrogen (secondary N) is 1. The zero-order valence-corrected chi connectivity index (χ0v) is 13.3. The topological polar surface area (TPSA) is 64.3 Å². The van der Waals surface area contributed by atoms with Gasteiger partial charge < -0.3 is 15.8 Å². The largest absolute Gasteiger partial charge is 0.491 e. The first kappa shape index (κ1) is 16.5. The van der Waals surface area contributed by atoms with Crippen molar-refractivity contribution in [3.63, 3.8) is 0 Å². The first-order chi connectivity index (χ1) is 10.6. The van der Waals surface area contributed by atoms with Crippen molar-refractivity contribution in [3.8, 4) is 5.75 Å². The van der Waals surface area contributed by atoms with Gasteiger partial charge in [-0.15, -0.1) is 0 Å². The zero-order chi connectivity index (χ0) is 15.9. The Kier molecular flexibility index (Phi) is 5.92. The molecule has 0 aliphatic carbocycles. The molecule has 0 saturated carbocycles. The minimum atomic E-state index is -0.145. The zero-order valence-electron chi connectivity index (χ0n) is 11.8. The van der Waals surface area contributed by atoms with Gasteiger partial charge in [0.15, 0.2) is 0 Å². The molecule has 0 heterocycles. The fraction of sp³-hybridized carbons (Fsp3) is 0.188. The molecule has 2 aromatic carbocycles.